The van der Waals surface area contributed by atoms with Crippen molar-refractivity contribution in [1.29, 1.82) is 0 Å². The molecule has 27 heavy (non-hydrogen) atoms. The molecular formula is C18H18BrF3N4O. The van der Waals surface area contributed by atoms with Crippen LogP contribution in [0.1, 0.15) is 30.5 Å². The van der Waals surface area contributed by atoms with Crippen molar-refractivity contribution >= 4 is 33.2 Å². The Kier molecular flexibility index (Phi) is 5.43. The number of rotatable bonds is 5. The predicted octanol–water partition coefficient (Wildman–Crippen LogP) is 4.10. The standard InChI is InChI=1S/C18H18BrF3N4O/c19-11-2-5-15(14(8-11)18(20,21)22)26-13-4-3-12(24-10-13)9-25-16(27)17(23)6-1-7-17/h2-5,8,10,26H,1,6-7,9,23H2,(H,25,27). The zero-order chi connectivity index (χ0) is 19.7. The van der Waals surface area contributed by atoms with E-state index in [9.17, 15) is 18.0 Å². The molecule has 5 nitrogen and oxygen atoms in total. The summed E-state index contributed by atoms with van der Waals surface area (Å²) in [5.41, 5.74) is 5.32. The number of nitrogens with zero attached hydrogens (tertiary/aromatic N) is 1. The third-order valence-electron chi connectivity index (χ3n) is 4.52. The Labute approximate surface area is 162 Å². The highest BCUT2D eigenvalue weighted by Gasteiger charge is 2.39. The van der Waals surface area contributed by atoms with Crippen molar-refractivity contribution in [2.75, 3.05) is 5.32 Å². The van der Waals surface area contributed by atoms with Crippen LogP contribution in [-0.4, -0.2) is 16.4 Å². The third kappa shape index (κ3) is 4.59. The van der Waals surface area contributed by atoms with Crippen LogP contribution < -0.4 is 16.4 Å². The first-order valence-electron chi connectivity index (χ1n) is 8.33. The minimum atomic E-state index is -4.48. The summed E-state index contributed by atoms with van der Waals surface area (Å²) in [5.74, 6) is -0.206. The summed E-state index contributed by atoms with van der Waals surface area (Å²) in [6.45, 7) is 0.212. The van der Waals surface area contributed by atoms with E-state index in [-0.39, 0.29) is 18.1 Å². The van der Waals surface area contributed by atoms with Crippen molar-refractivity contribution in [3.8, 4) is 0 Å². The normalized spacial score (nSPS) is 15.7. The van der Waals surface area contributed by atoms with Gasteiger partial charge in [-0.1, -0.05) is 15.9 Å². The number of hydrogen-bond acceptors (Lipinski definition) is 4. The molecule has 0 radical (unpaired) electrons. The molecule has 0 aliphatic heterocycles. The highest BCUT2D eigenvalue weighted by atomic mass is 79.9. The van der Waals surface area contributed by atoms with E-state index in [0.717, 1.165) is 12.5 Å². The average Bonchev–Trinajstić information content (AvgIpc) is 2.59. The number of halogens is 4. The maximum Gasteiger partial charge on any atom is 0.418 e. The number of pyridine rings is 1. The predicted molar refractivity (Wildman–Crippen MR) is 99.3 cm³/mol. The van der Waals surface area contributed by atoms with Gasteiger partial charge in [-0.25, -0.2) is 0 Å². The number of nitrogens with two attached hydrogens (primary N) is 1. The number of benzene rings is 1. The number of hydrogen-bond donors (Lipinski definition) is 3. The average molecular weight is 443 g/mol. The summed E-state index contributed by atoms with van der Waals surface area (Å²) in [7, 11) is 0. The zero-order valence-corrected chi connectivity index (χ0v) is 15.8. The summed E-state index contributed by atoms with van der Waals surface area (Å²) in [4.78, 5) is 16.2. The quantitative estimate of drug-likeness (QED) is 0.650. The van der Waals surface area contributed by atoms with Gasteiger partial charge in [0.2, 0.25) is 5.91 Å². The number of carbonyl (C=O) groups is 1. The summed E-state index contributed by atoms with van der Waals surface area (Å²) in [6.07, 6.45) is -0.777. The van der Waals surface area contributed by atoms with E-state index >= 15 is 0 Å². The van der Waals surface area contributed by atoms with E-state index in [2.05, 4.69) is 31.5 Å². The molecule has 1 heterocycles. The van der Waals surface area contributed by atoms with Gasteiger partial charge < -0.3 is 16.4 Å². The SMILES string of the molecule is NC1(C(=O)NCc2ccc(Nc3ccc(Br)cc3C(F)(F)F)cn2)CCC1. The molecule has 0 atom stereocenters. The summed E-state index contributed by atoms with van der Waals surface area (Å²) in [6, 6.07) is 7.14. The van der Waals surface area contributed by atoms with Crippen molar-refractivity contribution < 1.29 is 18.0 Å². The molecule has 144 valence electrons. The van der Waals surface area contributed by atoms with Crippen molar-refractivity contribution in [2.45, 2.75) is 37.5 Å². The zero-order valence-electron chi connectivity index (χ0n) is 14.2. The number of amides is 1. The lowest BCUT2D eigenvalue weighted by Crippen LogP contribution is -2.58. The van der Waals surface area contributed by atoms with Gasteiger partial charge in [0.15, 0.2) is 0 Å². The second-order valence-corrected chi connectivity index (χ2v) is 7.46. The molecule has 4 N–H and O–H groups in total. The van der Waals surface area contributed by atoms with Gasteiger partial charge in [-0.2, -0.15) is 13.2 Å². The van der Waals surface area contributed by atoms with Gasteiger partial charge in [0.1, 0.15) is 0 Å². The van der Waals surface area contributed by atoms with E-state index in [1.807, 2.05) is 0 Å². The van der Waals surface area contributed by atoms with Crippen LogP contribution in [0.15, 0.2) is 41.0 Å². The first-order chi connectivity index (χ1) is 12.7. The first-order valence-corrected chi connectivity index (χ1v) is 9.13. The van der Waals surface area contributed by atoms with Crippen LogP contribution >= 0.6 is 15.9 Å². The lowest BCUT2D eigenvalue weighted by Gasteiger charge is -2.36. The molecular weight excluding hydrogens is 425 g/mol. The second-order valence-electron chi connectivity index (χ2n) is 6.54. The Morgan fingerprint density at radius 2 is 2.00 bits per heavy atom. The Morgan fingerprint density at radius 1 is 1.26 bits per heavy atom. The molecule has 1 aromatic heterocycles. The number of anilines is 2. The number of carbonyl (C=O) groups excluding carboxylic acids is 1. The molecule has 1 fully saturated rings. The number of aromatic nitrogens is 1. The summed E-state index contributed by atoms with van der Waals surface area (Å²) in [5, 5.41) is 5.48. The molecule has 0 spiro atoms. The highest BCUT2D eigenvalue weighted by Crippen LogP contribution is 2.37. The highest BCUT2D eigenvalue weighted by molar-refractivity contribution is 9.10. The van der Waals surface area contributed by atoms with Crippen molar-refractivity contribution in [1.82, 2.24) is 10.3 Å². The first kappa shape index (κ1) is 19.6. The smallest absolute Gasteiger partial charge is 0.354 e. The molecule has 0 unspecified atom stereocenters. The van der Waals surface area contributed by atoms with E-state index < -0.39 is 17.3 Å². The molecule has 1 aliphatic carbocycles. The lowest BCUT2D eigenvalue weighted by molar-refractivity contribution is -0.137. The summed E-state index contributed by atoms with van der Waals surface area (Å²) < 4.78 is 39.9. The molecule has 9 heteroatoms. The van der Waals surface area contributed by atoms with Gasteiger partial charge in [-0.3, -0.25) is 9.78 Å². The molecule has 1 aliphatic rings. The van der Waals surface area contributed by atoms with E-state index in [1.165, 1.54) is 18.3 Å². The van der Waals surface area contributed by atoms with Crippen molar-refractivity contribution in [3.05, 3.63) is 52.3 Å². The van der Waals surface area contributed by atoms with Crippen LogP contribution in [0.3, 0.4) is 0 Å². The maximum atomic E-state index is 13.2. The Bertz CT molecular complexity index is 835. The van der Waals surface area contributed by atoms with Gasteiger partial charge in [-0.15, -0.1) is 0 Å². The van der Waals surface area contributed by atoms with Crippen molar-refractivity contribution in [3.63, 3.8) is 0 Å². The Morgan fingerprint density at radius 3 is 2.56 bits per heavy atom. The van der Waals surface area contributed by atoms with E-state index in [4.69, 9.17) is 5.73 Å². The third-order valence-corrected chi connectivity index (χ3v) is 5.01. The topological polar surface area (TPSA) is 80.0 Å². The molecule has 3 rings (SSSR count). The van der Waals surface area contributed by atoms with Gasteiger partial charge in [0.05, 0.1) is 40.9 Å². The van der Waals surface area contributed by atoms with Crippen LogP contribution in [0, 0.1) is 0 Å². The maximum absolute atomic E-state index is 13.2. The van der Waals surface area contributed by atoms with Crippen LogP contribution in [0.25, 0.3) is 0 Å². The number of nitrogens with one attached hydrogen (secondary N) is 2. The Balaban J connectivity index is 1.65. The molecule has 2 aromatic rings. The minimum absolute atomic E-state index is 0.0661. The van der Waals surface area contributed by atoms with E-state index in [1.54, 1.807) is 12.1 Å². The molecule has 0 saturated heterocycles. The molecule has 1 saturated carbocycles. The fourth-order valence-electron chi connectivity index (χ4n) is 2.75. The Hall–Kier alpha value is -2.13. The fraction of sp³-hybridized carbons (Fsp3) is 0.333. The van der Waals surface area contributed by atoms with Gasteiger partial charge in [0.25, 0.3) is 0 Å². The number of alkyl halides is 3. The van der Waals surface area contributed by atoms with Gasteiger partial charge in [-0.05, 0) is 49.6 Å². The summed E-state index contributed by atoms with van der Waals surface area (Å²) >= 11 is 3.05. The van der Waals surface area contributed by atoms with Crippen molar-refractivity contribution in [2.24, 2.45) is 5.73 Å². The van der Waals surface area contributed by atoms with Crippen LogP contribution in [0.4, 0.5) is 24.5 Å². The minimum Gasteiger partial charge on any atom is -0.354 e. The van der Waals surface area contributed by atoms with E-state index in [0.29, 0.717) is 28.7 Å². The molecule has 1 amide bonds. The van der Waals surface area contributed by atoms with Crippen LogP contribution in [-0.2, 0) is 17.5 Å². The largest absolute Gasteiger partial charge is 0.418 e. The second kappa shape index (κ2) is 7.47. The lowest BCUT2D eigenvalue weighted by atomic mass is 9.77. The van der Waals surface area contributed by atoms with Crippen LogP contribution in [0.2, 0.25) is 0 Å². The molecule has 1 aromatic carbocycles. The fourth-order valence-corrected chi connectivity index (χ4v) is 3.11. The monoisotopic (exact) mass is 442 g/mol. The van der Waals surface area contributed by atoms with Gasteiger partial charge in [0, 0.05) is 4.47 Å². The molecule has 0 bridgehead atoms. The van der Waals surface area contributed by atoms with Crippen LogP contribution in [0.5, 0.6) is 0 Å². The van der Waals surface area contributed by atoms with Gasteiger partial charge >= 0.3 is 6.18 Å².